The van der Waals surface area contributed by atoms with Crippen molar-refractivity contribution in [3.05, 3.63) is 53.3 Å². The second kappa shape index (κ2) is 3.30. The quantitative estimate of drug-likeness (QED) is 0.657. The summed E-state index contributed by atoms with van der Waals surface area (Å²) < 4.78 is 1.57. The van der Waals surface area contributed by atoms with Crippen LogP contribution in [0.4, 0.5) is 0 Å². The largest absolute Gasteiger partial charge is 0.332 e. The van der Waals surface area contributed by atoms with Gasteiger partial charge in [-0.05, 0) is 24.3 Å². The summed E-state index contributed by atoms with van der Waals surface area (Å²) in [7, 11) is 0. The lowest BCUT2D eigenvalue weighted by molar-refractivity contribution is 1.01. The Kier molecular flexibility index (Phi) is 1.83. The molecule has 3 aromatic heterocycles. The highest BCUT2D eigenvalue weighted by atomic mass is 16.1. The lowest BCUT2D eigenvalue weighted by Crippen LogP contribution is -2.14. The van der Waals surface area contributed by atoms with Gasteiger partial charge in [-0.1, -0.05) is 0 Å². The van der Waals surface area contributed by atoms with Crippen LogP contribution in [0.25, 0.3) is 16.9 Å². The molecule has 0 spiro atoms. The summed E-state index contributed by atoms with van der Waals surface area (Å²) in [6.07, 6.45) is 4.95. The maximum absolute atomic E-state index is 11.8. The Balaban J connectivity index is 2.40. The van der Waals surface area contributed by atoms with E-state index in [1.54, 1.807) is 41.4 Å². The molecule has 0 aromatic carbocycles. The first-order valence-electron chi connectivity index (χ1n) is 4.82. The van der Waals surface area contributed by atoms with Crippen LogP contribution >= 0.6 is 0 Å². The van der Waals surface area contributed by atoms with Crippen molar-refractivity contribution in [1.82, 2.24) is 19.5 Å². The van der Waals surface area contributed by atoms with Crippen LogP contribution in [-0.4, -0.2) is 19.5 Å². The van der Waals surface area contributed by atoms with Crippen LogP contribution in [-0.2, 0) is 0 Å². The van der Waals surface area contributed by atoms with E-state index in [-0.39, 0.29) is 5.69 Å². The number of aromatic nitrogens is 4. The lowest BCUT2D eigenvalue weighted by Gasteiger charge is -2.00. The fraction of sp³-hybridized carbons (Fsp3) is 0. The van der Waals surface area contributed by atoms with E-state index in [4.69, 9.17) is 0 Å². The zero-order chi connectivity index (χ0) is 11.0. The van der Waals surface area contributed by atoms with Gasteiger partial charge in [-0.15, -0.1) is 0 Å². The third-order valence-electron chi connectivity index (χ3n) is 2.38. The molecule has 3 rings (SSSR count). The zero-order valence-corrected chi connectivity index (χ0v) is 8.29. The molecule has 0 aliphatic carbocycles. The molecule has 0 unspecified atom stereocenters. The molecular weight excluding hydrogens is 204 g/mol. The molecule has 16 heavy (non-hydrogen) atoms. The fourth-order valence-corrected chi connectivity index (χ4v) is 1.69. The van der Waals surface area contributed by atoms with Crippen molar-refractivity contribution >= 4 is 11.2 Å². The number of rotatable bonds is 1. The Morgan fingerprint density at radius 1 is 1.12 bits per heavy atom. The monoisotopic (exact) mass is 212 g/mol. The van der Waals surface area contributed by atoms with Crippen molar-refractivity contribution in [2.24, 2.45) is 0 Å². The van der Waals surface area contributed by atoms with E-state index in [0.29, 0.717) is 5.65 Å². The Bertz CT molecular complexity index is 684. The van der Waals surface area contributed by atoms with Crippen molar-refractivity contribution in [3.63, 3.8) is 0 Å². The second-order valence-electron chi connectivity index (χ2n) is 3.34. The third-order valence-corrected chi connectivity index (χ3v) is 2.38. The Labute approximate surface area is 90.4 Å². The Morgan fingerprint density at radius 3 is 2.75 bits per heavy atom. The van der Waals surface area contributed by atoms with E-state index >= 15 is 0 Å². The predicted octanol–water partition coefficient (Wildman–Crippen LogP) is 1.11. The third kappa shape index (κ3) is 1.22. The first-order valence-corrected chi connectivity index (χ1v) is 4.82. The van der Waals surface area contributed by atoms with Crippen LogP contribution in [0.5, 0.6) is 0 Å². The summed E-state index contributed by atoms with van der Waals surface area (Å²) in [4.78, 5) is 22.5. The van der Waals surface area contributed by atoms with E-state index in [1.165, 1.54) is 0 Å². The van der Waals surface area contributed by atoms with Gasteiger partial charge in [-0.25, -0.2) is 9.78 Å². The lowest BCUT2D eigenvalue weighted by atomic mass is 10.3. The molecule has 0 fully saturated rings. The number of nitrogens with one attached hydrogen (secondary N) is 1. The van der Waals surface area contributed by atoms with Gasteiger partial charge in [0.15, 0.2) is 5.65 Å². The van der Waals surface area contributed by atoms with Crippen LogP contribution in [0.2, 0.25) is 0 Å². The molecule has 0 saturated heterocycles. The van der Waals surface area contributed by atoms with E-state index in [0.717, 1.165) is 11.2 Å². The highest BCUT2D eigenvalue weighted by molar-refractivity contribution is 5.72. The summed E-state index contributed by atoms with van der Waals surface area (Å²) >= 11 is 0. The zero-order valence-electron chi connectivity index (χ0n) is 8.29. The maximum atomic E-state index is 11.8. The SMILES string of the molecule is O=c1[nH]c2ncccc2n1-c1ccncc1. The highest BCUT2D eigenvalue weighted by Crippen LogP contribution is 2.11. The molecular formula is C11H8N4O. The average molecular weight is 212 g/mol. The number of imidazole rings is 1. The molecule has 0 saturated carbocycles. The standard InChI is InChI=1S/C11H8N4O/c16-11-14-10-9(2-1-5-13-10)15(11)8-3-6-12-7-4-8/h1-7H,(H,13,14,16). The number of H-pyrrole nitrogens is 1. The van der Waals surface area contributed by atoms with E-state index in [2.05, 4.69) is 15.0 Å². The van der Waals surface area contributed by atoms with Gasteiger partial charge in [0.25, 0.3) is 0 Å². The molecule has 1 N–H and O–H groups in total. The first kappa shape index (κ1) is 8.84. The number of fused-ring (bicyclic) bond motifs is 1. The molecule has 0 atom stereocenters. The molecule has 0 aliphatic rings. The number of nitrogens with zero attached hydrogens (tertiary/aromatic N) is 3. The molecule has 3 aromatic rings. The van der Waals surface area contributed by atoms with Gasteiger partial charge in [0.1, 0.15) is 0 Å². The number of pyridine rings is 2. The van der Waals surface area contributed by atoms with Gasteiger partial charge >= 0.3 is 5.69 Å². The van der Waals surface area contributed by atoms with Gasteiger partial charge in [0.2, 0.25) is 0 Å². The molecule has 0 amide bonds. The summed E-state index contributed by atoms with van der Waals surface area (Å²) in [6.45, 7) is 0. The summed E-state index contributed by atoms with van der Waals surface area (Å²) in [6, 6.07) is 7.21. The minimum absolute atomic E-state index is 0.195. The van der Waals surface area contributed by atoms with E-state index in [9.17, 15) is 4.79 Å². The van der Waals surface area contributed by atoms with Crippen LogP contribution in [0.3, 0.4) is 0 Å². The first-order chi connectivity index (χ1) is 7.86. The van der Waals surface area contributed by atoms with Crippen LogP contribution in [0.1, 0.15) is 0 Å². The average Bonchev–Trinajstić information content (AvgIpc) is 2.66. The fourth-order valence-electron chi connectivity index (χ4n) is 1.69. The normalized spacial score (nSPS) is 10.8. The highest BCUT2D eigenvalue weighted by Gasteiger charge is 2.07. The van der Waals surface area contributed by atoms with Gasteiger partial charge in [0.05, 0.1) is 11.2 Å². The Hall–Kier alpha value is -2.43. The molecule has 0 aliphatic heterocycles. The predicted molar refractivity (Wildman–Crippen MR) is 59.5 cm³/mol. The van der Waals surface area contributed by atoms with E-state index < -0.39 is 0 Å². The van der Waals surface area contributed by atoms with Gasteiger partial charge in [-0.3, -0.25) is 14.5 Å². The van der Waals surface area contributed by atoms with Gasteiger partial charge < -0.3 is 0 Å². The van der Waals surface area contributed by atoms with Crippen molar-refractivity contribution in [3.8, 4) is 5.69 Å². The van der Waals surface area contributed by atoms with Crippen molar-refractivity contribution in [1.29, 1.82) is 0 Å². The number of hydrogen-bond acceptors (Lipinski definition) is 3. The van der Waals surface area contributed by atoms with Crippen molar-refractivity contribution in [2.45, 2.75) is 0 Å². The maximum Gasteiger partial charge on any atom is 0.332 e. The van der Waals surface area contributed by atoms with Crippen molar-refractivity contribution < 1.29 is 0 Å². The van der Waals surface area contributed by atoms with E-state index in [1.807, 2.05) is 6.07 Å². The minimum Gasteiger partial charge on any atom is -0.290 e. The second-order valence-corrected chi connectivity index (χ2v) is 3.34. The Morgan fingerprint density at radius 2 is 1.94 bits per heavy atom. The summed E-state index contributed by atoms with van der Waals surface area (Å²) in [5, 5.41) is 0. The molecule has 5 heteroatoms. The topological polar surface area (TPSA) is 63.6 Å². The summed E-state index contributed by atoms with van der Waals surface area (Å²) in [5.41, 5.74) is 1.93. The summed E-state index contributed by atoms with van der Waals surface area (Å²) in [5.74, 6) is 0. The van der Waals surface area contributed by atoms with Crippen LogP contribution in [0, 0.1) is 0 Å². The smallest absolute Gasteiger partial charge is 0.290 e. The van der Waals surface area contributed by atoms with Gasteiger partial charge in [-0.2, -0.15) is 0 Å². The molecule has 0 bridgehead atoms. The minimum atomic E-state index is -0.195. The number of aromatic amines is 1. The molecule has 3 heterocycles. The van der Waals surface area contributed by atoms with Crippen molar-refractivity contribution in [2.75, 3.05) is 0 Å². The molecule has 5 nitrogen and oxygen atoms in total. The van der Waals surface area contributed by atoms with Crippen LogP contribution < -0.4 is 5.69 Å². The van der Waals surface area contributed by atoms with Gasteiger partial charge in [0, 0.05) is 18.6 Å². The van der Waals surface area contributed by atoms with Crippen LogP contribution in [0.15, 0.2) is 47.7 Å². The molecule has 78 valence electrons. The molecule has 0 radical (unpaired) electrons. The number of hydrogen-bond donors (Lipinski definition) is 1.